The van der Waals surface area contributed by atoms with Crippen molar-refractivity contribution in [2.24, 2.45) is 0 Å². The molecule has 1 amide bonds. The Kier molecular flexibility index (Phi) is 8.76. The van der Waals surface area contributed by atoms with Gasteiger partial charge < -0.3 is 19.5 Å². The largest absolute Gasteiger partial charge is 0.494 e. The lowest BCUT2D eigenvalue weighted by molar-refractivity contribution is -0.114. The summed E-state index contributed by atoms with van der Waals surface area (Å²) >= 11 is 0. The number of nitriles is 1. The van der Waals surface area contributed by atoms with Gasteiger partial charge in [-0.05, 0) is 61.0 Å². The number of methoxy groups -OCH3 is 2. The van der Waals surface area contributed by atoms with Crippen molar-refractivity contribution in [1.29, 1.82) is 5.26 Å². The summed E-state index contributed by atoms with van der Waals surface area (Å²) in [7, 11) is -1.31. The van der Waals surface area contributed by atoms with E-state index in [1.54, 1.807) is 48.5 Å². The number of hydrogen-bond donors (Lipinski definition) is 1. The van der Waals surface area contributed by atoms with Gasteiger partial charge in [0.15, 0.2) is 11.5 Å². The second-order valence-corrected chi connectivity index (χ2v) is 9.40. The third kappa shape index (κ3) is 6.25. The van der Waals surface area contributed by atoms with Crippen molar-refractivity contribution >= 4 is 27.3 Å². The summed E-state index contributed by atoms with van der Waals surface area (Å²) in [5.74, 6) is 0.654. The molecule has 0 aliphatic rings. The smallest absolute Gasteiger partial charge is 0.264 e. The molecular formula is C26H27N3O6S. The molecule has 0 saturated carbocycles. The van der Waals surface area contributed by atoms with Crippen LogP contribution < -0.4 is 23.8 Å². The Balaban J connectivity index is 1.94. The molecule has 0 heterocycles. The number of benzene rings is 3. The number of hydrogen-bond acceptors (Lipinski definition) is 7. The normalized spacial score (nSPS) is 10.7. The van der Waals surface area contributed by atoms with Gasteiger partial charge in [0.25, 0.3) is 10.0 Å². The lowest BCUT2D eigenvalue weighted by Crippen LogP contribution is -2.38. The molecule has 9 nitrogen and oxygen atoms in total. The van der Waals surface area contributed by atoms with Crippen molar-refractivity contribution in [1.82, 2.24) is 0 Å². The van der Waals surface area contributed by atoms with E-state index in [1.165, 1.54) is 32.4 Å². The van der Waals surface area contributed by atoms with Crippen LogP contribution in [-0.2, 0) is 21.2 Å². The summed E-state index contributed by atoms with van der Waals surface area (Å²) in [5, 5.41) is 11.5. The zero-order valence-corrected chi connectivity index (χ0v) is 21.0. The third-order valence-electron chi connectivity index (χ3n) is 5.19. The molecule has 0 atom stereocenters. The van der Waals surface area contributed by atoms with Crippen LogP contribution in [0, 0.1) is 11.3 Å². The maximum absolute atomic E-state index is 13.7. The van der Waals surface area contributed by atoms with Gasteiger partial charge in [0, 0.05) is 11.8 Å². The Bertz CT molecular complexity index is 1330. The van der Waals surface area contributed by atoms with E-state index < -0.39 is 22.5 Å². The number of carbonyl (C=O) groups is 1. The molecule has 188 valence electrons. The van der Waals surface area contributed by atoms with E-state index in [1.807, 2.05) is 6.92 Å². The van der Waals surface area contributed by atoms with Gasteiger partial charge in [-0.1, -0.05) is 12.1 Å². The molecule has 0 unspecified atom stereocenters. The van der Waals surface area contributed by atoms with Gasteiger partial charge in [0.05, 0.1) is 43.9 Å². The second kappa shape index (κ2) is 12.0. The standard InChI is InChI=1S/C26H27N3O6S/c1-4-35-22-11-9-21(10-12-22)29(18-26(30)28-20-7-5-19(6-8-20)15-16-27)36(31,32)23-13-14-24(33-2)25(17-23)34-3/h5-14,17H,4,15,18H2,1-3H3,(H,28,30). The lowest BCUT2D eigenvalue weighted by Gasteiger charge is -2.25. The molecule has 0 bridgehead atoms. The Morgan fingerprint density at radius 1 is 0.972 bits per heavy atom. The highest BCUT2D eigenvalue weighted by molar-refractivity contribution is 7.92. The molecule has 1 N–H and O–H groups in total. The summed E-state index contributed by atoms with van der Waals surface area (Å²) in [6.45, 7) is 1.83. The zero-order chi connectivity index (χ0) is 26.1. The van der Waals surface area contributed by atoms with Crippen LogP contribution in [0.15, 0.2) is 71.6 Å². The number of rotatable bonds is 11. The highest BCUT2D eigenvalue weighted by Crippen LogP contribution is 2.32. The van der Waals surface area contributed by atoms with Crippen molar-refractivity contribution in [2.45, 2.75) is 18.2 Å². The van der Waals surface area contributed by atoms with Gasteiger partial charge in [0.2, 0.25) is 5.91 Å². The minimum atomic E-state index is -4.18. The van der Waals surface area contributed by atoms with Gasteiger partial charge in [-0.15, -0.1) is 0 Å². The van der Waals surface area contributed by atoms with Crippen LogP contribution in [0.2, 0.25) is 0 Å². The maximum Gasteiger partial charge on any atom is 0.264 e. The van der Waals surface area contributed by atoms with Gasteiger partial charge >= 0.3 is 0 Å². The zero-order valence-electron chi connectivity index (χ0n) is 20.2. The van der Waals surface area contributed by atoms with Crippen molar-refractivity contribution in [3.05, 3.63) is 72.3 Å². The summed E-state index contributed by atoms with van der Waals surface area (Å²) in [6.07, 6.45) is 0.253. The molecule has 0 fully saturated rings. The Morgan fingerprint density at radius 2 is 1.64 bits per heavy atom. The Morgan fingerprint density at radius 3 is 2.22 bits per heavy atom. The number of carbonyl (C=O) groups excluding carboxylic acids is 1. The molecule has 0 spiro atoms. The SMILES string of the molecule is CCOc1ccc(N(CC(=O)Nc2ccc(CC#N)cc2)S(=O)(=O)c2ccc(OC)c(OC)c2)cc1. The summed E-state index contributed by atoms with van der Waals surface area (Å²) in [6, 6.07) is 19.5. The van der Waals surface area contributed by atoms with E-state index in [-0.39, 0.29) is 22.8 Å². The quantitative estimate of drug-likeness (QED) is 0.415. The topological polar surface area (TPSA) is 118 Å². The fourth-order valence-electron chi connectivity index (χ4n) is 3.42. The monoisotopic (exact) mass is 509 g/mol. The third-order valence-corrected chi connectivity index (χ3v) is 6.96. The minimum Gasteiger partial charge on any atom is -0.494 e. The molecule has 0 aliphatic heterocycles. The average Bonchev–Trinajstić information content (AvgIpc) is 2.89. The van der Waals surface area contributed by atoms with Gasteiger partial charge in [-0.2, -0.15) is 5.26 Å². The van der Waals surface area contributed by atoms with Crippen molar-refractivity contribution in [3.63, 3.8) is 0 Å². The van der Waals surface area contributed by atoms with Crippen molar-refractivity contribution < 1.29 is 27.4 Å². The van der Waals surface area contributed by atoms with Crippen molar-refractivity contribution in [3.8, 4) is 23.3 Å². The Hall–Kier alpha value is -4.23. The molecule has 0 radical (unpaired) electrons. The molecule has 10 heteroatoms. The highest BCUT2D eigenvalue weighted by Gasteiger charge is 2.28. The maximum atomic E-state index is 13.7. The molecule has 0 saturated heterocycles. The van der Waals surface area contributed by atoms with Gasteiger partial charge in [-0.3, -0.25) is 9.10 Å². The van der Waals surface area contributed by atoms with Gasteiger partial charge in [0.1, 0.15) is 12.3 Å². The number of anilines is 2. The van der Waals surface area contributed by atoms with E-state index in [0.29, 0.717) is 23.8 Å². The van der Waals surface area contributed by atoms with E-state index in [2.05, 4.69) is 11.4 Å². The minimum absolute atomic E-state index is 0.0670. The number of nitrogens with zero attached hydrogens (tertiary/aromatic N) is 2. The van der Waals surface area contributed by atoms with Crippen LogP contribution in [0.5, 0.6) is 17.2 Å². The van der Waals surface area contributed by atoms with Crippen molar-refractivity contribution in [2.75, 3.05) is 37.0 Å². The van der Waals surface area contributed by atoms with E-state index >= 15 is 0 Å². The van der Waals surface area contributed by atoms with E-state index in [0.717, 1.165) is 9.87 Å². The predicted molar refractivity (Wildman–Crippen MR) is 136 cm³/mol. The second-order valence-electron chi connectivity index (χ2n) is 7.54. The fourth-order valence-corrected chi connectivity index (χ4v) is 4.86. The van der Waals surface area contributed by atoms with Crippen LogP contribution in [0.25, 0.3) is 0 Å². The lowest BCUT2D eigenvalue weighted by atomic mass is 10.1. The van der Waals surface area contributed by atoms with Crippen LogP contribution in [0.4, 0.5) is 11.4 Å². The first-order chi connectivity index (χ1) is 17.3. The number of nitrogens with one attached hydrogen (secondary N) is 1. The van der Waals surface area contributed by atoms with E-state index in [4.69, 9.17) is 19.5 Å². The Labute approximate surface area is 210 Å². The van der Waals surface area contributed by atoms with Crippen LogP contribution in [0.1, 0.15) is 12.5 Å². The van der Waals surface area contributed by atoms with Crippen LogP contribution >= 0.6 is 0 Å². The predicted octanol–water partition coefficient (Wildman–Crippen LogP) is 4.00. The highest BCUT2D eigenvalue weighted by atomic mass is 32.2. The molecule has 0 aromatic heterocycles. The molecule has 0 aliphatic carbocycles. The molecule has 3 aromatic carbocycles. The van der Waals surface area contributed by atoms with Crippen LogP contribution in [-0.4, -0.2) is 41.7 Å². The average molecular weight is 510 g/mol. The van der Waals surface area contributed by atoms with Crippen LogP contribution in [0.3, 0.4) is 0 Å². The summed E-state index contributed by atoms with van der Waals surface area (Å²) in [5.41, 5.74) is 1.58. The molecule has 36 heavy (non-hydrogen) atoms. The first-order valence-electron chi connectivity index (χ1n) is 11.1. The molecular weight excluding hydrogens is 482 g/mol. The molecule has 3 rings (SSSR count). The summed E-state index contributed by atoms with van der Waals surface area (Å²) < 4.78 is 44.4. The van der Waals surface area contributed by atoms with Gasteiger partial charge in [-0.25, -0.2) is 8.42 Å². The van der Waals surface area contributed by atoms with E-state index in [9.17, 15) is 13.2 Å². The fraction of sp³-hybridized carbons (Fsp3) is 0.231. The molecule has 3 aromatic rings. The first kappa shape index (κ1) is 26.4. The number of sulfonamides is 1. The summed E-state index contributed by atoms with van der Waals surface area (Å²) in [4.78, 5) is 12.9. The first-order valence-corrected chi connectivity index (χ1v) is 12.5. The number of amides is 1. The number of ether oxygens (including phenoxy) is 3.